The molecule has 0 bridgehead atoms. The molecule has 0 unspecified atom stereocenters. The largest absolute Gasteiger partial charge is 0.417 e. The van der Waals surface area contributed by atoms with Gasteiger partial charge in [0.25, 0.3) is 11.8 Å². The van der Waals surface area contributed by atoms with Crippen LogP contribution in [0.25, 0.3) is 0 Å². The number of hydroxylamine groups is 1. The molecular formula is C17H13F4N3O3. The topological polar surface area (TPSA) is 82.0 Å². The number of nitrogens with zero attached hydrogens (tertiary/aromatic N) is 2. The minimum atomic E-state index is -4.90. The van der Waals surface area contributed by atoms with Gasteiger partial charge in [0.15, 0.2) is 0 Å². The molecule has 6 nitrogen and oxygen atoms in total. The number of nitrogens with one attached hydrogen (secondary N) is 1. The summed E-state index contributed by atoms with van der Waals surface area (Å²) in [7, 11) is 1.08. The van der Waals surface area contributed by atoms with Crippen molar-refractivity contribution in [2.45, 2.75) is 6.18 Å². The number of hydrazone groups is 1. The van der Waals surface area contributed by atoms with Gasteiger partial charge in [0, 0.05) is 12.6 Å². The van der Waals surface area contributed by atoms with Crippen molar-refractivity contribution in [2.24, 2.45) is 5.10 Å². The Kier molecular flexibility index (Phi) is 5.91. The summed E-state index contributed by atoms with van der Waals surface area (Å²) >= 11 is 0. The lowest BCUT2D eigenvalue weighted by Gasteiger charge is -2.16. The molecule has 2 N–H and O–H groups in total. The van der Waals surface area contributed by atoms with E-state index >= 15 is 0 Å². The summed E-state index contributed by atoms with van der Waals surface area (Å²) in [4.78, 5) is 23.4. The molecule has 0 spiro atoms. The summed E-state index contributed by atoms with van der Waals surface area (Å²) in [5, 5.41) is 12.8. The molecule has 2 rings (SSSR count). The molecule has 2 amide bonds. The predicted molar refractivity (Wildman–Crippen MR) is 86.8 cm³/mol. The molecule has 10 heteroatoms. The van der Waals surface area contributed by atoms with Crippen LogP contribution < -0.4 is 5.48 Å². The lowest BCUT2D eigenvalue weighted by Crippen LogP contribution is -2.26. The van der Waals surface area contributed by atoms with Gasteiger partial charge in [-0.1, -0.05) is 18.2 Å². The van der Waals surface area contributed by atoms with Gasteiger partial charge in [0.1, 0.15) is 5.82 Å². The Labute approximate surface area is 150 Å². The zero-order valence-corrected chi connectivity index (χ0v) is 13.8. The maximum absolute atomic E-state index is 13.9. The van der Waals surface area contributed by atoms with Crippen LogP contribution in [0.15, 0.2) is 47.6 Å². The van der Waals surface area contributed by atoms with Crippen LogP contribution >= 0.6 is 0 Å². The number of carbonyl (C=O) groups excluding carboxylic acids is 2. The summed E-state index contributed by atoms with van der Waals surface area (Å²) in [6, 6.07) is 7.79. The second kappa shape index (κ2) is 7.96. The van der Waals surface area contributed by atoms with Crippen LogP contribution in [-0.4, -0.2) is 35.3 Å². The highest BCUT2D eigenvalue weighted by Crippen LogP contribution is 2.33. The van der Waals surface area contributed by atoms with Crippen LogP contribution in [0.5, 0.6) is 0 Å². The molecule has 0 aromatic heterocycles. The first-order valence-corrected chi connectivity index (χ1v) is 7.37. The van der Waals surface area contributed by atoms with Crippen molar-refractivity contribution >= 4 is 18.0 Å². The first-order valence-electron chi connectivity index (χ1n) is 7.37. The molecule has 0 aliphatic carbocycles. The van der Waals surface area contributed by atoms with Crippen LogP contribution in [0, 0.1) is 5.82 Å². The molecule has 0 aliphatic rings. The van der Waals surface area contributed by atoms with E-state index in [4.69, 9.17) is 5.21 Å². The van der Waals surface area contributed by atoms with E-state index in [1.54, 1.807) is 0 Å². The van der Waals surface area contributed by atoms with E-state index < -0.39 is 34.9 Å². The average molecular weight is 383 g/mol. The Bertz CT molecular complexity index is 880. The number of amides is 2. The lowest BCUT2D eigenvalue weighted by molar-refractivity contribution is -0.138. The van der Waals surface area contributed by atoms with Crippen molar-refractivity contribution in [1.82, 2.24) is 10.5 Å². The van der Waals surface area contributed by atoms with Gasteiger partial charge in [0.2, 0.25) is 0 Å². The van der Waals surface area contributed by atoms with E-state index in [0.29, 0.717) is 16.6 Å². The van der Waals surface area contributed by atoms with Crippen molar-refractivity contribution in [3.05, 3.63) is 70.5 Å². The SMILES string of the molecule is CN(N=Cc1ccc(C(=O)NO)cc1)C(=O)c1c(F)cccc1C(F)(F)F. The minimum Gasteiger partial charge on any atom is -0.288 e. The predicted octanol–water partition coefficient (Wildman–Crippen LogP) is 3.07. The van der Waals surface area contributed by atoms with E-state index in [0.717, 1.165) is 25.4 Å². The van der Waals surface area contributed by atoms with Gasteiger partial charge >= 0.3 is 6.18 Å². The summed E-state index contributed by atoms with van der Waals surface area (Å²) < 4.78 is 52.9. The molecule has 27 heavy (non-hydrogen) atoms. The first kappa shape index (κ1) is 20.0. The molecule has 142 valence electrons. The molecule has 0 saturated heterocycles. The summed E-state index contributed by atoms with van der Waals surface area (Å²) in [6.07, 6.45) is -3.76. The van der Waals surface area contributed by atoms with Gasteiger partial charge in [0.05, 0.1) is 17.3 Å². The third-order valence-electron chi connectivity index (χ3n) is 3.48. The van der Waals surface area contributed by atoms with E-state index in [-0.39, 0.29) is 5.56 Å². The second-order valence-electron chi connectivity index (χ2n) is 5.30. The van der Waals surface area contributed by atoms with Crippen LogP contribution in [0.3, 0.4) is 0 Å². The van der Waals surface area contributed by atoms with Gasteiger partial charge in [-0.05, 0) is 29.8 Å². The van der Waals surface area contributed by atoms with Gasteiger partial charge in [-0.2, -0.15) is 18.3 Å². The molecular weight excluding hydrogens is 370 g/mol. The van der Waals surface area contributed by atoms with E-state index in [1.807, 2.05) is 0 Å². The Morgan fingerprint density at radius 3 is 2.33 bits per heavy atom. The Morgan fingerprint density at radius 1 is 1.15 bits per heavy atom. The van der Waals surface area contributed by atoms with Gasteiger partial charge < -0.3 is 0 Å². The standard InChI is InChI=1S/C17H13F4N3O3/c1-24(22-9-10-5-7-11(8-6-10)15(25)23-27)16(26)14-12(17(19,20)21)3-2-4-13(14)18/h2-9,27H,1H3,(H,23,25). The Hall–Kier alpha value is -3.27. The van der Waals surface area contributed by atoms with Crippen LogP contribution in [0.1, 0.15) is 31.8 Å². The lowest BCUT2D eigenvalue weighted by atomic mass is 10.1. The van der Waals surface area contributed by atoms with E-state index in [2.05, 4.69) is 5.10 Å². The fourth-order valence-corrected chi connectivity index (χ4v) is 2.13. The van der Waals surface area contributed by atoms with Crippen LogP contribution in [0.2, 0.25) is 0 Å². The number of benzene rings is 2. The second-order valence-corrected chi connectivity index (χ2v) is 5.30. The van der Waals surface area contributed by atoms with E-state index in [1.165, 1.54) is 29.7 Å². The van der Waals surface area contributed by atoms with Crippen molar-refractivity contribution in [3.8, 4) is 0 Å². The van der Waals surface area contributed by atoms with Crippen molar-refractivity contribution in [2.75, 3.05) is 7.05 Å². The van der Waals surface area contributed by atoms with Gasteiger partial charge in [-0.3, -0.25) is 14.8 Å². The molecule has 0 heterocycles. The zero-order valence-electron chi connectivity index (χ0n) is 13.8. The summed E-state index contributed by atoms with van der Waals surface area (Å²) in [6.45, 7) is 0. The number of hydrogen-bond donors (Lipinski definition) is 2. The quantitative estimate of drug-likeness (QED) is 0.369. The van der Waals surface area contributed by atoms with Crippen LogP contribution in [0.4, 0.5) is 17.6 Å². The van der Waals surface area contributed by atoms with Gasteiger partial charge in [-0.15, -0.1) is 0 Å². The highest BCUT2D eigenvalue weighted by Gasteiger charge is 2.37. The summed E-state index contributed by atoms with van der Waals surface area (Å²) in [5.41, 5.74) is -0.502. The molecule has 0 fully saturated rings. The number of hydrogen-bond acceptors (Lipinski definition) is 4. The monoisotopic (exact) mass is 383 g/mol. The highest BCUT2D eigenvalue weighted by atomic mass is 19.4. The molecule has 0 radical (unpaired) electrons. The van der Waals surface area contributed by atoms with Crippen LogP contribution in [-0.2, 0) is 6.18 Å². The average Bonchev–Trinajstić information content (AvgIpc) is 2.64. The molecule has 0 atom stereocenters. The third-order valence-corrected chi connectivity index (χ3v) is 3.48. The molecule has 2 aromatic rings. The highest BCUT2D eigenvalue weighted by molar-refractivity contribution is 5.97. The fourth-order valence-electron chi connectivity index (χ4n) is 2.13. The molecule has 0 saturated carbocycles. The number of carbonyl (C=O) groups is 2. The van der Waals surface area contributed by atoms with E-state index in [9.17, 15) is 27.2 Å². The maximum Gasteiger partial charge on any atom is 0.417 e. The fraction of sp³-hybridized carbons (Fsp3) is 0.118. The summed E-state index contributed by atoms with van der Waals surface area (Å²) in [5.74, 6) is -3.31. The zero-order chi connectivity index (χ0) is 20.2. The maximum atomic E-state index is 13.9. The molecule has 0 aliphatic heterocycles. The van der Waals surface area contributed by atoms with Crippen molar-refractivity contribution in [3.63, 3.8) is 0 Å². The molecule has 2 aromatic carbocycles. The smallest absolute Gasteiger partial charge is 0.288 e. The number of alkyl halides is 3. The minimum absolute atomic E-state index is 0.153. The van der Waals surface area contributed by atoms with Crippen molar-refractivity contribution < 1.29 is 32.4 Å². The first-order chi connectivity index (χ1) is 12.6. The normalized spacial score (nSPS) is 11.5. The number of rotatable bonds is 4. The van der Waals surface area contributed by atoms with Crippen molar-refractivity contribution in [1.29, 1.82) is 0 Å². The Balaban J connectivity index is 2.24. The third kappa shape index (κ3) is 4.67. The Morgan fingerprint density at radius 2 is 1.78 bits per heavy atom. The number of halogens is 4. The van der Waals surface area contributed by atoms with Gasteiger partial charge in [-0.25, -0.2) is 14.9 Å².